The number of para-hydroxylation sites is 2. The predicted octanol–water partition coefficient (Wildman–Crippen LogP) is 7.10. The van der Waals surface area contributed by atoms with Crippen LogP contribution in [-0.4, -0.2) is 9.38 Å². The van der Waals surface area contributed by atoms with E-state index in [-0.39, 0.29) is 0 Å². The minimum absolute atomic E-state index is 1.02. The van der Waals surface area contributed by atoms with Crippen molar-refractivity contribution in [1.29, 1.82) is 0 Å². The van der Waals surface area contributed by atoms with Gasteiger partial charge >= 0.3 is 0 Å². The van der Waals surface area contributed by atoms with Crippen LogP contribution < -0.4 is 0 Å². The molecule has 0 aliphatic carbocycles. The molecule has 0 N–H and O–H groups in total. The fourth-order valence-corrected chi connectivity index (χ4v) is 4.73. The lowest BCUT2D eigenvalue weighted by Gasteiger charge is -2.12. The summed E-state index contributed by atoms with van der Waals surface area (Å²) >= 11 is 0. The second-order valence-corrected chi connectivity index (χ2v) is 7.72. The summed E-state index contributed by atoms with van der Waals surface area (Å²) in [5.74, 6) is 0. The van der Waals surface area contributed by atoms with Crippen LogP contribution in [0.4, 0.5) is 0 Å². The first-order valence-electron chi connectivity index (χ1n) is 9.91. The highest BCUT2D eigenvalue weighted by molar-refractivity contribution is 6.19. The quantitative estimate of drug-likeness (QED) is 0.206. The lowest BCUT2D eigenvalue weighted by molar-refractivity contribution is 1.32. The van der Waals surface area contributed by atoms with Crippen molar-refractivity contribution >= 4 is 59.9 Å². The van der Waals surface area contributed by atoms with Gasteiger partial charge in [0.05, 0.1) is 16.6 Å². The number of hydrogen-bond donors (Lipinski definition) is 0. The Bertz CT molecular complexity index is 1760. The van der Waals surface area contributed by atoms with Gasteiger partial charge in [0.1, 0.15) is 5.65 Å². The molecule has 2 nitrogen and oxygen atoms in total. The van der Waals surface area contributed by atoms with Crippen molar-refractivity contribution in [2.24, 2.45) is 0 Å². The van der Waals surface area contributed by atoms with E-state index >= 15 is 0 Å². The molecule has 0 atom stereocenters. The third-order valence-electron chi connectivity index (χ3n) is 6.08. The van der Waals surface area contributed by atoms with Crippen LogP contribution in [0, 0.1) is 0 Å². The molecule has 0 unspecified atom stereocenters. The van der Waals surface area contributed by atoms with Crippen LogP contribution in [0.3, 0.4) is 0 Å². The minimum atomic E-state index is 1.02. The van der Waals surface area contributed by atoms with Gasteiger partial charge in [-0.25, -0.2) is 4.98 Å². The lowest BCUT2D eigenvalue weighted by Crippen LogP contribution is -1.92. The monoisotopic (exact) mass is 368 g/mol. The van der Waals surface area contributed by atoms with Gasteiger partial charge in [0.15, 0.2) is 0 Å². The van der Waals surface area contributed by atoms with Crippen LogP contribution in [0.1, 0.15) is 0 Å². The Balaban J connectivity index is 1.86. The minimum Gasteiger partial charge on any atom is -0.292 e. The molecule has 0 fully saturated rings. The molecule has 0 amide bonds. The molecule has 7 rings (SSSR count). The average molecular weight is 368 g/mol. The first-order chi connectivity index (χ1) is 14.4. The zero-order valence-electron chi connectivity index (χ0n) is 15.6. The molecule has 2 aromatic heterocycles. The van der Waals surface area contributed by atoms with E-state index in [0.29, 0.717) is 0 Å². The summed E-state index contributed by atoms with van der Waals surface area (Å²) in [6.07, 6.45) is 0. The molecule has 0 aliphatic heterocycles. The van der Waals surface area contributed by atoms with Crippen molar-refractivity contribution in [2.45, 2.75) is 0 Å². The third-order valence-corrected chi connectivity index (χ3v) is 6.08. The fraction of sp³-hybridized carbons (Fsp3) is 0. The highest BCUT2D eigenvalue weighted by Gasteiger charge is 2.15. The highest BCUT2D eigenvalue weighted by atomic mass is 15.0. The maximum atomic E-state index is 5.04. The van der Waals surface area contributed by atoms with Gasteiger partial charge in [0.25, 0.3) is 0 Å². The first-order valence-corrected chi connectivity index (χ1v) is 9.91. The Morgan fingerprint density at radius 1 is 0.483 bits per heavy atom. The van der Waals surface area contributed by atoms with E-state index in [1.54, 1.807) is 0 Å². The number of aromatic nitrogens is 2. The lowest BCUT2D eigenvalue weighted by atomic mass is 9.98. The van der Waals surface area contributed by atoms with Crippen LogP contribution in [0.15, 0.2) is 97.1 Å². The van der Waals surface area contributed by atoms with Gasteiger partial charge in [-0.3, -0.25) is 4.40 Å². The Kier molecular flexibility index (Phi) is 2.77. The molecule has 7 aromatic rings. The van der Waals surface area contributed by atoms with E-state index in [1.165, 1.54) is 43.2 Å². The van der Waals surface area contributed by atoms with Crippen molar-refractivity contribution in [3.63, 3.8) is 0 Å². The number of pyridine rings is 1. The smallest absolute Gasteiger partial charge is 0.146 e. The summed E-state index contributed by atoms with van der Waals surface area (Å²) < 4.78 is 2.33. The second kappa shape index (κ2) is 5.33. The zero-order chi connectivity index (χ0) is 18.9. The topological polar surface area (TPSA) is 17.3 Å². The molecule has 2 heterocycles. The summed E-state index contributed by atoms with van der Waals surface area (Å²) in [7, 11) is 0. The van der Waals surface area contributed by atoms with Gasteiger partial charge in [0.2, 0.25) is 0 Å². The third kappa shape index (κ3) is 1.98. The number of fused-ring (bicyclic) bond motifs is 10. The number of benzene rings is 5. The van der Waals surface area contributed by atoms with Gasteiger partial charge in [-0.1, -0.05) is 60.7 Å². The van der Waals surface area contributed by atoms with Crippen molar-refractivity contribution in [3.8, 4) is 0 Å². The largest absolute Gasteiger partial charge is 0.292 e. The van der Waals surface area contributed by atoms with Crippen LogP contribution in [-0.2, 0) is 0 Å². The van der Waals surface area contributed by atoms with E-state index in [9.17, 15) is 0 Å². The van der Waals surface area contributed by atoms with E-state index in [0.717, 1.165) is 16.7 Å². The molecule has 29 heavy (non-hydrogen) atoms. The molecule has 0 aliphatic rings. The summed E-state index contributed by atoms with van der Waals surface area (Å²) in [5, 5.41) is 8.73. The van der Waals surface area contributed by atoms with Gasteiger partial charge in [0, 0.05) is 10.8 Å². The molecular formula is C27H16N2. The van der Waals surface area contributed by atoms with Crippen LogP contribution >= 0.6 is 0 Å². The first kappa shape index (κ1) is 15.1. The van der Waals surface area contributed by atoms with Crippen LogP contribution in [0.5, 0.6) is 0 Å². The SMILES string of the molecule is c1ccc2cc3c(cc2c1)c1cc2ccccc2cc1n1c2ccccc2nc31. The normalized spacial score (nSPS) is 12.1. The van der Waals surface area contributed by atoms with E-state index < -0.39 is 0 Å². The van der Waals surface area contributed by atoms with Gasteiger partial charge in [-0.2, -0.15) is 0 Å². The fourth-order valence-electron chi connectivity index (χ4n) is 4.73. The molecule has 0 spiro atoms. The summed E-state index contributed by atoms with van der Waals surface area (Å²) in [6, 6.07) is 34.8. The Hall–Kier alpha value is -3.91. The van der Waals surface area contributed by atoms with Crippen LogP contribution in [0.25, 0.3) is 59.9 Å². The van der Waals surface area contributed by atoms with Gasteiger partial charge in [-0.05, 0) is 63.3 Å². The summed E-state index contributed by atoms with van der Waals surface area (Å²) in [4.78, 5) is 5.04. The number of rotatable bonds is 0. The maximum absolute atomic E-state index is 5.04. The van der Waals surface area contributed by atoms with Gasteiger partial charge in [-0.15, -0.1) is 0 Å². The van der Waals surface area contributed by atoms with Crippen molar-refractivity contribution < 1.29 is 0 Å². The number of hydrogen-bond acceptors (Lipinski definition) is 1. The average Bonchev–Trinajstić information content (AvgIpc) is 3.17. The zero-order valence-corrected chi connectivity index (χ0v) is 15.6. The summed E-state index contributed by atoms with van der Waals surface area (Å²) in [5.41, 5.74) is 4.41. The molecule has 2 heteroatoms. The van der Waals surface area contributed by atoms with E-state index in [4.69, 9.17) is 4.98 Å². The summed E-state index contributed by atoms with van der Waals surface area (Å²) in [6.45, 7) is 0. The Morgan fingerprint density at radius 3 is 1.76 bits per heavy atom. The van der Waals surface area contributed by atoms with E-state index in [2.05, 4.69) is 101 Å². The standard InChI is InChI=1S/C27H16N2/c1-2-9-19-15-23-21(13-17(19)7-1)22-14-18-8-3-4-10-20(18)16-26(22)29-25-12-6-5-11-24(25)28-27(23)29/h1-16H. The predicted molar refractivity (Wildman–Crippen MR) is 123 cm³/mol. The van der Waals surface area contributed by atoms with Gasteiger partial charge < -0.3 is 0 Å². The van der Waals surface area contributed by atoms with Crippen molar-refractivity contribution in [1.82, 2.24) is 9.38 Å². The Morgan fingerprint density at radius 2 is 1.03 bits per heavy atom. The number of nitrogens with zero attached hydrogens (tertiary/aromatic N) is 2. The molecule has 0 bridgehead atoms. The molecular weight excluding hydrogens is 352 g/mol. The number of imidazole rings is 1. The second-order valence-electron chi connectivity index (χ2n) is 7.72. The maximum Gasteiger partial charge on any atom is 0.146 e. The molecule has 0 radical (unpaired) electrons. The van der Waals surface area contributed by atoms with Crippen molar-refractivity contribution in [3.05, 3.63) is 97.1 Å². The van der Waals surface area contributed by atoms with E-state index in [1.807, 2.05) is 0 Å². The molecule has 134 valence electrons. The highest BCUT2D eigenvalue weighted by Crippen LogP contribution is 2.36. The molecule has 0 saturated carbocycles. The molecule has 0 saturated heterocycles. The Labute approximate surface area is 166 Å². The van der Waals surface area contributed by atoms with Crippen molar-refractivity contribution in [2.75, 3.05) is 0 Å². The van der Waals surface area contributed by atoms with Crippen LogP contribution in [0.2, 0.25) is 0 Å². The molecule has 5 aromatic carbocycles.